The standard InChI is InChI=1S/C14H12Cl3N/c1-14(18,9-2-5-11(15)6-3-9)10-4-7-12(16)13(17)8-10/h2-8H,18H2,1H3. The predicted molar refractivity (Wildman–Crippen MR) is 78.6 cm³/mol. The molecule has 2 N–H and O–H groups in total. The average molecular weight is 301 g/mol. The van der Waals surface area contributed by atoms with Crippen LogP contribution in [0.2, 0.25) is 15.1 Å². The Morgan fingerprint density at radius 1 is 0.833 bits per heavy atom. The number of hydrogen-bond acceptors (Lipinski definition) is 1. The van der Waals surface area contributed by atoms with E-state index in [2.05, 4.69) is 0 Å². The first-order chi connectivity index (χ1) is 8.41. The molecule has 4 heteroatoms. The minimum atomic E-state index is -0.640. The van der Waals surface area contributed by atoms with Gasteiger partial charge in [-0.05, 0) is 42.3 Å². The minimum Gasteiger partial charge on any atom is -0.318 e. The normalized spacial score (nSPS) is 14.3. The van der Waals surface area contributed by atoms with Crippen LogP contribution in [0.5, 0.6) is 0 Å². The Labute approximate surface area is 121 Å². The molecule has 0 saturated heterocycles. The van der Waals surface area contributed by atoms with E-state index < -0.39 is 5.54 Å². The first kappa shape index (κ1) is 13.7. The van der Waals surface area contributed by atoms with Crippen LogP contribution in [0, 0.1) is 0 Å². The second kappa shape index (κ2) is 5.10. The monoisotopic (exact) mass is 299 g/mol. The summed E-state index contributed by atoms with van der Waals surface area (Å²) in [7, 11) is 0. The minimum absolute atomic E-state index is 0.500. The van der Waals surface area contributed by atoms with Crippen LogP contribution in [0.4, 0.5) is 0 Å². The van der Waals surface area contributed by atoms with Gasteiger partial charge in [0.2, 0.25) is 0 Å². The van der Waals surface area contributed by atoms with Gasteiger partial charge in [-0.2, -0.15) is 0 Å². The molecule has 0 saturated carbocycles. The van der Waals surface area contributed by atoms with Crippen molar-refractivity contribution in [3.63, 3.8) is 0 Å². The van der Waals surface area contributed by atoms with Gasteiger partial charge >= 0.3 is 0 Å². The summed E-state index contributed by atoms with van der Waals surface area (Å²) in [4.78, 5) is 0. The third-order valence-corrected chi connectivity index (χ3v) is 3.95. The van der Waals surface area contributed by atoms with Crippen LogP contribution in [0.25, 0.3) is 0 Å². The second-order valence-corrected chi connectivity index (χ2v) is 5.59. The topological polar surface area (TPSA) is 26.0 Å². The number of nitrogens with two attached hydrogens (primary N) is 1. The molecule has 0 aliphatic heterocycles. The Morgan fingerprint density at radius 2 is 1.39 bits per heavy atom. The summed E-state index contributed by atoms with van der Waals surface area (Å²) >= 11 is 17.8. The average Bonchev–Trinajstić information content (AvgIpc) is 2.33. The fourth-order valence-corrected chi connectivity index (χ4v) is 2.21. The molecule has 0 bridgehead atoms. The van der Waals surface area contributed by atoms with Gasteiger partial charge in [-0.1, -0.05) is 53.0 Å². The Kier molecular flexibility index (Phi) is 3.88. The summed E-state index contributed by atoms with van der Waals surface area (Å²) in [5, 5.41) is 1.70. The molecule has 2 rings (SSSR count). The van der Waals surface area contributed by atoms with Crippen molar-refractivity contribution in [1.82, 2.24) is 0 Å². The van der Waals surface area contributed by atoms with Crippen molar-refractivity contribution >= 4 is 34.8 Å². The van der Waals surface area contributed by atoms with Gasteiger partial charge in [0.1, 0.15) is 0 Å². The summed E-state index contributed by atoms with van der Waals surface area (Å²) in [6, 6.07) is 12.9. The molecule has 0 aliphatic rings. The van der Waals surface area contributed by atoms with E-state index in [9.17, 15) is 0 Å². The first-order valence-electron chi connectivity index (χ1n) is 5.42. The maximum absolute atomic E-state index is 6.38. The van der Waals surface area contributed by atoms with E-state index in [4.69, 9.17) is 40.5 Å². The van der Waals surface area contributed by atoms with Gasteiger partial charge in [0.25, 0.3) is 0 Å². The Balaban J connectivity index is 2.46. The van der Waals surface area contributed by atoms with Gasteiger partial charge in [0, 0.05) is 5.02 Å². The van der Waals surface area contributed by atoms with Crippen molar-refractivity contribution in [1.29, 1.82) is 0 Å². The SMILES string of the molecule is CC(N)(c1ccc(Cl)cc1)c1ccc(Cl)c(Cl)c1. The quantitative estimate of drug-likeness (QED) is 0.841. The lowest BCUT2D eigenvalue weighted by atomic mass is 9.86. The van der Waals surface area contributed by atoms with Crippen LogP contribution in [0.15, 0.2) is 42.5 Å². The van der Waals surface area contributed by atoms with Gasteiger partial charge in [0.15, 0.2) is 0 Å². The zero-order chi connectivity index (χ0) is 13.3. The van der Waals surface area contributed by atoms with Gasteiger partial charge in [-0.25, -0.2) is 0 Å². The van der Waals surface area contributed by atoms with E-state index in [0.29, 0.717) is 15.1 Å². The van der Waals surface area contributed by atoms with Gasteiger partial charge < -0.3 is 5.73 Å². The number of rotatable bonds is 2. The Hall–Kier alpha value is -0.730. The van der Waals surface area contributed by atoms with E-state index in [1.54, 1.807) is 12.1 Å². The molecule has 2 aromatic carbocycles. The fraction of sp³-hybridized carbons (Fsp3) is 0.143. The van der Waals surface area contributed by atoms with E-state index >= 15 is 0 Å². The smallest absolute Gasteiger partial charge is 0.0637 e. The Morgan fingerprint density at radius 3 is 1.94 bits per heavy atom. The molecule has 0 aromatic heterocycles. The largest absolute Gasteiger partial charge is 0.318 e. The molecule has 1 unspecified atom stereocenters. The molecule has 94 valence electrons. The van der Waals surface area contributed by atoms with Crippen molar-refractivity contribution in [2.45, 2.75) is 12.5 Å². The summed E-state index contributed by atoms with van der Waals surface area (Å²) in [5.41, 5.74) is 7.61. The molecule has 0 heterocycles. The van der Waals surface area contributed by atoms with Crippen molar-refractivity contribution in [3.05, 3.63) is 68.7 Å². The highest BCUT2D eigenvalue weighted by Crippen LogP contribution is 2.31. The molecule has 1 nitrogen and oxygen atoms in total. The van der Waals surface area contributed by atoms with Crippen LogP contribution in [0.1, 0.15) is 18.1 Å². The number of benzene rings is 2. The molecule has 18 heavy (non-hydrogen) atoms. The van der Waals surface area contributed by atoms with Crippen LogP contribution in [0.3, 0.4) is 0 Å². The van der Waals surface area contributed by atoms with Gasteiger partial charge in [0.05, 0.1) is 15.6 Å². The van der Waals surface area contributed by atoms with E-state index in [0.717, 1.165) is 11.1 Å². The molecule has 1 atom stereocenters. The summed E-state index contributed by atoms with van der Waals surface area (Å²) in [5.74, 6) is 0. The summed E-state index contributed by atoms with van der Waals surface area (Å²) < 4.78 is 0. The van der Waals surface area contributed by atoms with Crippen LogP contribution >= 0.6 is 34.8 Å². The maximum Gasteiger partial charge on any atom is 0.0637 e. The lowest BCUT2D eigenvalue weighted by molar-refractivity contribution is 0.603. The molecular formula is C14H12Cl3N. The lowest BCUT2D eigenvalue weighted by Gasteiger charge is -2.26. The van der Waals surface area contributed by atoms with Gasteiger partial charge in [-0.15, -0.1) is 0 Å². The lowest BCUT2D eigenvalue weighted by Crippen LogP contribution is -2.34. The molecule has 0 radical (unpaired) electrons. The van der Waals surface area contributed by atoms with E-state index in [-0.39, 0.29) is 0 Å². The fourth-order valence-electron chi connectivity index (χ4n) is 1.78. The van der Waals surface area contributed by atoms with E-state index in [1.165, 1.54) is 0 Å². The van der Waals surface area contributed by atoms with Crippen LogP contribution in [-0.2, 0) is 5.54 Å². The van der Waals surface area contributed by atoms with Crippen LogP contribution in [-0.4, -0.2) is 0 Å². The zero-order valence-electron chi connectivity index (χ0n) is 9.75. The molecule has 0 aliphatic carbocycles. The highest BCUT2D eigenvalue weighted by molar-refractivity contribution is 6.42. The van der Waals surface area contributed by atoms with Crippen molar-refractivity contribution < 1.29 is 0 Å². The Bertz CT molecular complexity index is 562. The number of hydrogen-bond donors (Lipinski definition) is 1. The van der Waals surface area contributed by atoms with E-state index in [1.807, 2.05) is 37.3 Å². The molecule has 0 fully saturated rings. The van der Waals surface area contributed by atoms with Gasteiger partial charge in [-0.3, -0.25) is 0 Å². The molecular weight excluding hydrogens is 289 g/mol. The summed E-state index contributed by atoms with van der Waals surface area (Å²) in [6.07, 6.45) is 0. The van der Waals surface area contributed by atoms with Crippen molar-refractivity contribution in [2.75, 3.05) is 0 Å². The predicted octanol–water partition coefficient (Wildman–Crippen LogP) is 4.87. The third kappa shape index (κ3) is 2.65. The third-order valence-electron chi connectivity index (χ3n) is 2.96. The summed E-state index contributed by atoms with van der Waals surface area (Å²) in [6.45, 7) is 1.93. The first-order valence-corrected chi connectivity index (χ1v) is 6.55. The number of halogens is 3. The molecule has 2 aromatic rings. The van der Waals surface area contributed by atoms with Crippen LogP contribution < -0.4 is 5.73 Å². The molecule has 0 spiro atoms. The second-order valence-electron chi connectivity index (χ2n) is 4.34. The highest BCUT2D eigenvalue weighted by atomic mass is 35.5. The maximum atomic E-state index is 6.38. The van der Waals surface area contributed by atoms with Crippen molar-refractivity contribution in [3.8, 4) is 0 Å². The zero-order valence-corrected chi connectivity index (χ0v) is 12.0. The van der Waals surface area contributed by atoms with Crippen molar-refractivity contribution in [2.24, 2.45) is 5.73 Å². The molecule has 0 amide bonds. The highest BCUT2D eigenvalue weighted by Gasteiger charge is 2.24.